The second-order valence-corrected chi connectivity index (χ2v) is 10.1. The van der Waals surface area contributed by atoms with Crippen LogP contribution in [0.3, 0.4) is 0 Å². The van der Waals surface area contributed by atoms with Gasteiger partial charge < -0.3 is 10.2 Å². The summed E-state index contributed by atoms with van der Waals surface area (Å²) in [6.07, 6.45) is 0.302. The van der Waals surface area contributed by atoms with Gasteiger partial charge in [-0.25, -0.2) is 0 Å². The summed E-state index contributed by atoms with van der Waals surface area (Å²) in [5.41, 5.74) is 0.816. The van der Waals surface area contributed by atoms with Crippen molar-refractivity contribution in [2.75, 3.05) is 12.3 Å². The molecule has 0 aliphatic rings. The lowest BCUT2D eigenvalue weighted by molar-refractivity contribution is -0.140. The van der Waals surface area contributed by atoms with Gasteiger partial charge in [0.2, 0.25) is 11.8 Å². The first-order valence-corrected chi connectivity index (χ1v) is 12.2. The molecule has 4 nitrogen and oxygen atoms in total. The molecule has 0 spiro atoms. The van der Waals surface area contributed by atoms with E-state index in [1.165, 1.54) is 0 Å². The van der Waals surface area contributed by atoms with E-state index >= 15 is 0 Å². The lowest BCUT2D eigenvalue weighted by Crippen LogP contribution is -2.48. The van der Waals surface area contributed by atoms with Crippen molar-refractivity contribution in [3.8, 4) is 0 Å². The van der Waals surface area contributed by atoms with Crippen molar-refractivity contribution >= 4 is 58.4 Å². The highest BCUT2D eigenvalue weighted by molar-refractivity contribution is 7.99. The van der Waals surface area contributed by atoms with Crippen molar-refractivity contribution < 1.29 is 9.59 Å². The van der Waals surface area contributed by atoms with Crippen molar-refractivity contribution in [1.29, 1.82) is 0 Å². The summed E-state index contributed by atoms with van der Waals surface area (Å²) in [6, 6.07) is 12.1. The van der Waals surface area contributed by atoms with Crippen LogP contribution in [0, 0.1) is 5.92 Å². The maximum Gasteiger partial charge on any atom is 0.242 e. The van der Waals surface area contributed by atoms with Gasteiger partial charge in [-0.2, -0.15) is 0 Å². The van der Waals surface area contributed by atoms with Gasteiger partial charge in [-0.3, -0.25) is 9.59 Å². The van der Waals surface area contributed by atoms with E-state index in [2.05, 4.69) is 5.32 Å². The van der Waals surface area contributed by atoms with Crippen molar-refractivity contribution in [3.63, 3.8) is 0 Å². The highest BCUT2D eigenvalue weighted by Gasteiger charge is 2.26. The third-order valence-corrected chi connectivity index (χ3v) is 6.59. The van der Waals surface area contributed by atoms with Gasteiger partial charge in [-0.15, -0.1) is 11.8 Å². The van der Waals surface area contributed by atoms with Crippen LogP contribution in [0.25, 0.3) is 0 Å². The molecule has 2 amide bonds. The van der Waals surface area contributed by atoms with E-state index < -0.39 is 6.04 Å². The number of nitrogens with zero attached hydrogens (tertiary/aromatic N) is 1. The predicted octanol–water partition coefficient (Wildman–Crippen LogP) is 6.32. The first kappa shape index (κ1) is 25.9. The van der Waals surface area contributed by atoms with E-state index in [9.17, 15) is 9.59 Å². The Morgan fingerprint density at radius 2 is 1.68 bits per heavy atom. The molecular weight excluding hydrogens is 475 g/mol. The average molecular weight is 502 g/mol. The number of nitrogens with one attached hydrogen (secondary N) is 1. The first-order chi connectivity index (χ1) is 14.7. The number of carbonyl (C=O) groups is 2. The van der Waals surface area contributed by atoms with E-state index in [4.69, 9.17) is 34.8 Å². The molecule has 0 saturated heterocycles. The van der Waals surface area contributed by atoms with Crippen LogP contribution >= 0.6 is 46.6 Å². The van der Waals surface area contributed by atoms with Gasteiger partial charge in [0, 0.05) is 35.2 Å². The molecule has 31 heavy (non-hydrogen) atoms. The van der Waals surface area contributed by atoms with Crippen LogP contribution in [-0.4, -0.2) is 35.1 Å². The Kier molecular flexibility index (Phi) is 10.5. The lowest BCUT2D eigenvalue weighted by atomic mass is 10.1. The molecule has 0 aliphatic heterocycles. The standard InChI is InChI=1S/C23H27Cl3N2O2S/c1-15(2)13-27-23(30)16(3)28(14-17-4-9-20(25)21(26)12-17)22(29)10-11-31-19-7-5-18(24)6-8-19/h4-9,12,15-16H,10-11,13-14H2,1-3H3,(H,27,30). The van der Waals surface area contributed by atoms with Gasteiger partial charge in [0.1, 0.15) is 6.04 Å². The second kappa shape index (κ2) is 12.6. The van der Waals surface area contributed by atoms with E-state index in [1.807, 2.05) is 44.2 Å². The number of benzene rings is 2. The van der Waals surface area contributed by atoms with Crippen molar-refractivity contribution in [3.05, 3.63) is 63.1 Å². The van der Waals surface area contributed by atoms with Gasteiger partial charge in [0.15, 0.2) is 0 Å². The lowest BCUT2D eigenvalue weighted by Gasteiger charge is -2.29. The summed E-state index contributed by atoms with van der Waals surface area (Å²) in [7, 11) is 0. The zero-order chi connectivity index (χ0) is 23.0. The van der Waals surface area contributed by atoms with E-state index in [0.717, 1.165) is 10.5 Å². The highest BCUT2D eigenvalue weighted by atomic mass is 35.5. The zero-order valence-electron chi connectivity index (χ0n) is 17.8. The number of thioether (sulfide) groups is 1. The molecule has 2 rings (SSSR count). The number of hydrogen-bond acceptors (Lipinski definition) is 3. The summed E-state index contributed by atoms with van der Waals surface area (Å²) < 4.78 is 0. The fraction of sp³-hybridized carbons (Fsp3) is 0.391. The molecule has 0 fully saturated rings. The molecule has 168 valence electrons. The summed E-state index contributed by atoms with van der Waals surface area (Å²) in [5, 5.41) is 4.46. The van der Waals surface area contributed by atoms with Crippen LogP contribution in [0.5, 0.6) is 0 Å². The molecule has 1 N–H and O–H groups in total. The number of rotatable bonds is 10. The van der Waals surface area contributed by atoms with Crippen LogP contribution in [-0.2, 0) is 16.1 Å². The Morgan fingerprint density at radius 3 is 2.29 bits per heavy atom. The molecule has 0 aliphatic carbocycles. The molecule has 2 aromatic carbocycles. The minimum absolute atomic E-state index is 0.0975. The first-order valence-electron chi connectivity index (χ1n) is 10.1. The minimum atomic E-state index is -0.610. The summed E-state index contributed by atoms with van der Waals surface area (Å²) in [5.74, 6) is 0.650. The molecule has 8 heteroatoms. The van der Waals surface area contributed by atoms with Gasteiger partial charge >= 0.3 is 0 Å². The summed E-state index contributed by atoms with van der Waals surface area (Å²) in [4.78, 5) is 28.4. The Bertz CT molecular complexity index is 891. The van der Waals surface area contributed by atoms with Crippen molar-refractivity contribution in [1.82, 2.24) is 10.2 Å². The van der Waals surface area contributed by atoms with Gasteiger partial charge in [0.25, 0.3) is 0 Å². The molecule has 1 atom stereocenters. The predicted molar refractivity (Wildman–Crippen MR) is 131 cm³/mol. The Labute approximate surface area is 203 Å². The zero-order valence-corrected chi connectivity index (χ0v) is 20.9. The van der Waals surface area contributed by atoms with Crippen LogP contribution in [0.15, 0.2) is 47.4 Å². The van der Waals surface area contributed by atoms with E-state index in [0.29, 0.717) is 39.7 Å². The summed E-state index contributed by atoms with van der Waals surface area (Å²) in [6.45, 7) is 6.63. The minimum Gasteiger partial charge on any atom is -0.354 e. The fourth-order valence-corrected chi connectivity index (χ4v) is 4.09. The monoisotopic (exact) mass is 500 g/mol. The maximum absolute atomic E-state index is 13.1. The Hall–Kier alpha value is -1.40. The van der Waals surface area contributed by atoms with Gasteiger partial charge in [-0.1, -0.05) is 54.7 Å². The largest absolute Gasteiger partial charge is 0.354 e. The highest BCUT2D eigenvalue weighted by Crippen LogP contribution is 2.25. The SMILES string of the molecule is CC(C)CNC(=O)C(C)N(Cc1ccc(Cl)c(Cl)c1)C(=O)CCSc1ccc(Cl)cc1. The van der Waals surface area contributed by atoms with E-state index in [-0.39, 0.29) is 18.4 Å². The van der Waals surface area contributed by atoms with Crippen LogP contribution < -0.4 is 5.32 Å². The maximum atomic E-state index is 13.1. The van der Waals surface area contributed by atoms with Crippen molar-refractivity contribution in [2.45, 2.75) is 44.7 Å². The quantitative estimate of drug-likeness (QED) is 0.388. The molecular formula is C23H27Cl3N2O2S. The van der Waals surface area contributed by atoms with Crippen LogP contribution in [0.2, 0.25) is 15.1 Å². The number of hydrogen-bond donors (Lipinski definition) is 1. The van der Waals surface area contributed by atoms with Gasteiger partial charge in [0.05, 0.1) is 10.0 Å². The third-order valence-electron chi connectivity index (χ3n) is 4.59. The second-order valence-electron chi connectivity index (χ2n) is 7.64. The molecule has 0 aromatic heterocycles. The summed E-state index contributed by atoms with van der Waals surface area (Å²) >= 11 is 19.6. The van der Waals surface area contributed by atoms with Crippen LogP contribution in [0.1, 0.15) is 32.8 Å². The van der Waals surface area contributed by atoms with E-state index in [1.54, 1.807) is 35.7 Å². The normalized spacial score (nSPS) is 12.0. The molecule has 0 saturated carbocycles. The number of carbonyl (C=O) groups excluding carboxylic acids is 2. The third kappa shape index (κ3) is 8.57. The molecule has 0 heterocycles. The van der Waals surface area contributed by atoms with Gasteiger partial charge in [-0.05, 0) is 54.8 Å². The van der Waals surface area contributed by atoms with Crippen LogP contribution in [0.4, 0.5) is 0 Å². The number of amides is 2. The number of halogens is 3. The van der Waals surface area contributed by atoms with Crippen molar-refractivity contribution in [2.24, 2.45) is 5.92 Å². The Morgan fingerprint density at radius 1 is 1.00 bits per heavy atom. The topological polar surface area (TPSA) is 49.4 Å². The Balaban J connectivity index is 2.08. The smallest absolute Gasteiger partial charge is 0.242 e. The molecule has 0 radical (unpaired) electrons. The molecule has 0 bridgehead atoms. The molecule has 2 aromatic rings. The average Bonchev–Trinajstić information content (AvgIpc) is 2.73. The fourth-order valence-electron chi connectivity index (χ4n) is 2.80. The molecule has 1 unspecified atom stereocenters.